The Morgan fingerprint density at radius 2 is 2.13 bits per heavy atom. The van der Waals surface area contributed by atoms with E-state index in [2.05, 4.69) is 11.9 Å². The minimum atomic E-state index is -0.578. The van der Waals surface area contributed by atoms with Crippen LogP contribution in [0.25, 0.3) is 11.0 Å². The molecule has 0 unspecified atom stereocenters. The van der Waals surface area contributed by atoms with Gasteiger partial charge < -0.3 is 24.7 Å². The van der Waals surface area contributed by atoms with Gasteiger partial charge in [-0.1, -0.05) is 12.7 Å². The van der Waals surface area contributed by atoms with Gasteiger partial charge >= 0.3 is 11.7 Å². The summed E-state index contributed by atoms with van der Waals surface area (Å²) in [5, 5.41) is 22.1. The maximum Gasteiger partial charge on any atom is 0.407 e. The lowest BCUT2D eigenvalue weighted by Gasteiger charge is -2.09. The van der Waals surface area contributed by atoms with E-state index in [4.69, 9.17) is 9.15 Å². The Balaban J connectivity index is 2.20. The highest BCUT2D eigenvalue weighted by molar-refractivity contribution is 5.82. The van der Waals surface area contributed by atoms with E-state index >= 15 is 0 Å². The molecule has 7 nitrogen and oxygen atoms in total. The molecular weight excluding hydrogens is 302 g/mol. The number of alkyl carbamates (subject to hydrolysis) is 1. The van der Waals surface area contributed by atoms with Crippen LogP contribution < -0.4 is 10.9 Å². The number of hydrogen-bond acceptors (Lipinski definition) is 6. The molecule has 0 radical (unpaired) electrons. The number of benzene rings is 1. The summed E-state index contributed by atoms with van der Waals surface area (Å²) in [6, 6.07) is 4.16. The lowest BCUT2D eigenvalue weighted by Crippen LogP contribution is -2.26. The highest BCUT2D eigenvalue weighted by atomic mass is 16.5. The standard InChI is InChI=1S/C16H17NO6/c1-2-5-22-16(21)17-4-3-10-7-15(20)23-14-8-13(19)11(9-18)6-12(10)14/h2,6-8,18-19H,1,3-5,9H2,(H,17,21). The van der Waals surface area contributed by atoms with Crippen molar-refractivity contribution in [2.75, 3.05) is 13.2 Å². The number of phenols is 1. The third-order valence-corrected chi connectivity index (χ3v) is 3.20. The summed E-state index contributed by atoms with van der Waals surface area (Å²) in [6.45, 7) is 3.46. The summed E-state index contributed by atoms with van der Waals surface area (Å²) in [5.74, 6) is -0.147. The second-order valence-electron chi connectivity index (χ2n) is 4.79. The number of rotatable bonds is 6. The quantitative estimate of drug-likeness (QED) is 0.549. The predicted molar refractivity (Wildman–Crippen MR) is 83.3 cm³/mol. The van der Waals surface area contributed by atoms with E-state index in [1.54, 1.807) is 6.07 Å². The van der Waals surface area contributed by atoms with Gasteiger partial charge in [0.25, 0.3) is 0 Å². The van der Waals surface area contributed by atoms with E-state index in [1.165, 1.54) is 18.2 Å². The van der Waals surface area contributed by atoms with Crippen molar-refractivity contribution in [3.63, 3.8) is 0 Å². The summed E-state index contributed by atoms with van der Waals surface area (Å²) in [7, 11) is 0. The van der Waals surface area contributed by atoms with Crippen molar-refractivity contribution >= 4 is 17.1 Å². The smallest absolute Gasteiger partial charge is 0.407 e. The highest BCUT2D eigenvalue weighted by Gasteiger charge is 2.11. The number of aromatic hydroxyl groups is 1. The highest BCUT2D eigenvalue weighted by Crippen LogP contribution is 2.26. The Labute approximate surface area is 131 Å². The summed E-state index contributed by atoms with van der Waals surface area (Å²) in [4.78, 5) is 22.9. The summed E-state index contributed by atoms with van der Waals surface area (Å²) in [5.41, 5.74) is 0.621. The van der Waals surface area contributed by atoms with Crippen LogP contribution in [0.15, 0.2) is 40.1 Å². The number of hydrogen-bond donors (Lipinski definition) is 3. The first-order valence-electron chi connectivity index (χ1n) is 6.96. The lowest BCUT2D eigenvalue weighted by molar-refractivity contribution is 0.158. The van der Waals surface area contributed by atoms with Crippen LogP contribution in [-0.2, 0) is 17.8 Å². The van der Waals surface area contributed by atoms with Gasteiger partial charge in [0.15, 0.2) is 0 Å². The second kappa shape index (κ2) is 7.46. The molecule has 0 bridgehead atoms. The van der Waals surface area contributed by atoms with Gasteiger partial charge in [-0.25, -0.2) is 9.59 Å². The molecule has 122 valence electrons. The topological polar surface area (TPSA) is 109 Å². The third kappa shape index (κ3) is 4.10. The van der Waals surface area contributed by atoms with Crippen LogP contribution in [0.2, 0.25) is 0 Å². The molecule has 0 aliphatic carbocycles. The normalized spacial score (nSPS) is 10.5. The van der Waals surface area contributed by atoms with Crippen LogP contribution in [0, 0.1) is 0 Å². The molecule has 0 fully saturated rings. The Bertz CT molecular complexity index is 780. The molecule has 0 saturated carbocycles. The number of amides is 1. The molecule has 0 saturated heterocycles. The lowest BCUT2D eigenvalue weighted by atomic mass is 10.0. The Hall–Kier alpha value is -2.80. The number of ether oxygens (including phenoxy) is 1. The van der Waals surface area contributed by atoms with E-state index < -0.39 is 11.7 Å². The first kappa shape index (κ1) is 16.6. The van der Waals surface area contributed by atoms with E-state index in [-0.39, 0.29) is 31.1 Å². The van der Waals surface area contributed by atoms with Crippen LogP contribution in [0.3, 0.4) is 0 Å². The molecule has 0 spiro atoms. The first-order chi connectivity index (χ1) is 11.0. The number of fused-ring (bicyclic) bond motifs is 1. The van der Waals surface area contributed by atoms with Crippen molar-refractivity contribution in [2.45, 2.75) is 13.0 Å². The van der Waals surface area contributed by atoms with Crippen LogP contribution >= 0.6 is 0 Å². The zero-order valence-electron chi connectivity index (χ0n) is 12.4. The fraction of sp³-hybridized carbons (Fsp3) is 0.250. The number of carbonyl (C=O) groups is 1. The fourth-order valence-corrected chi connectivity index (χ4v) is 2.13. The maximum absolute atomic E-state index is 11.6. The molecule has 1 aromatic carbocycles. The molecule has 1 amide bonds. The molecule has 7 heteroatoms. The monoisotopic (exact) mass is 319 g/mol. The molecule has 1 aromatic heterocycles. The Morgan fingerprint density at radius 1 is 1.35 bits per heavy atom. The average Bonchev–Trinajstić information content (AvgIpc) is 2.52. The van der Waals surface area contributed by atoms with E-state index in [0.29, 0.717) is 22.9 Å². The minimum Gasteiger partial charge on any atom is -0.507 e. The van der Waals surface area contributed by atoms with Crippen molar-refractivity contribution in [3.8, 4) is 5.75 Å². The number of aliphatic hydroxyl groups excluding tert-OH is 1. The van der Waals surface area contributed by atoms with Crippen molar-refractivity contribution in [1.82, 2.24) is 5.32 Å². The Morgan fingerprint density at radius 3 is 2.83 bits per heavy atom. The van der Waals surface area contributed by atoms with E-state index in [0.717, 1.165) is 0 Å². The predicted octanol–water partition coefficient (Wildman–Crippen LogP) is 1.45. The Kier molecular flexibility index (Phi) is 5.37. The second-order valence-corrected chi connectivity index (χ2v) is 4.79. The number of aliphatic hydroxyl groups is 1. The molecule has 0 atom stereocenters. The van der Waals surface area contributed by atoms with Gasteiger partial charge in [-0.15, -0.1) is 0 Å². The maximum atomic E-state index is 11.6. The summed E-state index contributed by atoms with van der Waals surface area (Å²) < 4.78 is 9.82. The van der Waals surface area contributed by atoms with Gasteiger partial charge in [0.1, 0.15) is 17.9 Å². The average molecular weight is 319 g/mol. The number of carbonyl (C=O) groups excluding carboxylic acids is 1. The molecule has 2 aromatic rings. The SMILES string of the molecule is C=CCOC(=O)NCCc1cc(=O)oc2cc(O)c(CO)cc12. The zero-order chi connectivity index (χ0) is 16.8. The van der Waals surface area contributed by atoms with Crippen LogP contribution in [0.4, 0.5) is 4.79 Å². The number of nitrogens with one attached hydrogen (secondary N) is 1. The van der Waals surface area contributed by atoms with Gasteiger partial charge in [-0.2, -0.15) is 0 Å². The van der Waals surface area contributed by atoms with E-state index in [9.17, 15) is 19.8 Å². The fourth-order valence-electron chi connectivity index (χ4n) is 2.13. The molecule has 2 rings (SSSR count). The van der Waals surface area contributed by atoms with Crippen molar-refractivity contribution in [3.05, 3.63) is 52.4 Å². The van der Waals surface area contributed by atoms with Crippen molar-refractivity contribution in [1.29, 1.82) is 0 Å². The summed E-state index contributed by atoms with van der Waals surface area (Å²) >= 11 is 0. The van der Waals surface area contributed by atoms with Gasteiger partial charge in [-0.05, 0) is 18.1 Å². The van der Waals surface area contributed by atoms with Gasteiger partial charge in [0.05, 0.1) is 6.61 Å². The third-order valence-electron chi connectivity index (χ3n) is 3.20. The van der Waals surface area contributed by atoms with Gasteiger partial charge in [0, 0.05) is 29.6 Å². The molecule has 0 aliphatic rings. The first-order valence-corrected chi connectivity index (χ1v) is 6.96. The molecular formula is C16H17NO6. The largest absolute Gasteiger partial charge is 0.507 e. The summed E-state index contributed by atoms with van der Waals surface area (Å²) in [6.07, 6.45) is 1.24. The molecule has 23 heavy (non-hydrogen) atoms. The molecule has 0 aliphatic heterocycles. The van der Waals surface area contributed by atoms with Crippen molar-refractivity contribution < 1.29 is 24.2 Å². The zero-order valence-corrected chi connectivity index (χ0v) is 12.4. The van der Waals surface area contributed by atoms with E-state index in [1.807, 2.05) is 0 Å². The van der Waals surface area contributed by atoms with Gasteiger partial charge in [-0.3, -0.25) is 0 Å². The van der Waals surface area contributed by atoms with Crippen molar-refractivity contribution in [2.24, 2.45) is 0 Å². The molecule has 1 heterocycles. The van der Waals surface area contributed by atoms with Gasteiger partial charge in [0.2, 0.25) is 0 Å². The van der Waals surface area contributed by atoms with Crippen LogP contribution in [0.5, 0.6) is 5.75 Å². The van der Waals surface area contributed by atoms with Crippen LogP contribution in [-0.4, -0.2) is 29.5 Å². The minimum absolute atomic E-state index is 0.114. The van der Waals surface area contributed by atoms with Crippen LogP contribution in [0.1, 0.15) is 11.1 Å². The molecule has 3 N–H and O–H groups in total.